The van der Waals surface area contributed by atoms with Crippen molar-refractivity contribution >= 4 is 11.9 Å². The summed E-state index contributed by atoms with van der Waals surface area (Å²) in [4.78, 5) is 22.8. The van der Waals surface area contributed by atoms with Crippen LogP contribution in [0.5, 0.6) is 0 Å². The number of carboxylic acids is 1. The SMILES string of the molecule is Cc1cc(C(=O)NCc2cc(C(=O)O)c(C)o2)c(C)o1. The first-order valence-electron chi connectivity index (χ1n) is 6.06. The van der Waals surface area contributed by atoms with Crippen LogP contribution < -0.4 is 5.32 Å². The molecule has 6 heteroatoms. The van der Waals surface area contributed by atoms with Gasteiger partial charge in [0.1, 0.15) is 28.6 Å². The predicted molar refractivity (Wildman–Crippen MR) is 69.8 cm³/mol. The molecule has 0 aliphatic rings. The maximum atomic E-state index is 11.9. The van der Waals surface area contributed by atoms with E-state index in [2.05, 4.69) is 5.32 Å². The molecule has 2 aromatic rings. The molecule has 6 nitrogen and oxygen atoms in total. The van der Waals surface area contributed by atoms with Gasteiger partial charge >= 0.3 is 5.97 Å². The number of amides is 1. The second kappa shape index (κ2) is 5.24. The van der Waals surface area contributed by atoms with E-state index in [1.165, 1.54) is 6.07 Å². The van der Waals surface area contributed by atoms with Crippen LogP contribution in [0, 0.1) is 20.8 Å². The Morgan fingerprint density at radius 2 is 1.75 bits per heavy atom. The van der Waals surface area contributed by atoms with Crippen molar-refractivity contribution in [3.8, 4) is 0 Å². The standard InChI is InChI=1S/C14H15NO5/c1-7-4-11(8(2)19-7)13(16)15-6-10-5-12(14(17)18)9(3)20-10/h4-5H,6H2,1-3H3,(H,15,16)(H,17,18). The Bertz CT molecular complexity index is 665. The molecule has 2 rings (SSSR count). The summed E-state index contributed by atoms with van der Waals surface area (Å²) in [6, 6.07) is 3.06. The molecule has 0 saturated heterocycles. The number of carbonyl (C=O) groups excluding carboxylic acids is 1. The topological polar surface area (TPSA) is 92.7 Å². The molecule has 0 aromatic carbocycles. The number of nitrogens with one attached hydrogen (secondary N) is 1. The van der Waals surface area contributed by atoms with E-state index < -0.39 is 5.97 Å². The van der Waals surface area contributed by atoms with Crippen molar-refractivity contribution in [3.05, 3.63) is 46.3 Å². The quantitative estimate of drug-likeness (QED) is 0.895. The van der Waals surface area contributed by atoms with Gasteiger partial charge in [-0.05, 0) is 32.9 Å². The molecule has 0 aliphatic heterocycles. The minimum absolute atomic E-state index is 0.101. The van der Waals surface area contributed by atoms with Crippen LogP contribution in [-0.4, -0.2) is 17.0 Å². The molecule has 2 heterocycles. The van der Waals surface area contributed by atoms with Gasteiger partial charge in [-0.3, -0.25) is 4.79 Å². The lowest BCUT2D eigenvalue weighted by molar-refractivity contribution is 0.0694. The third-order valence-electron chi connectivity index (χ3n) is 2.91. The highest BCUT2D eigenvalue weighted by Gasteiger charge is 2.16. The van der Waals surface area contributed by atoms with Gasteiger partial charge in [0, 0.05) is 0 Å². The molecule has 1 amide bonds. The molecule has 0 saturated carbocycles. The lowest BCUT2D eigenvalue weighted by atomic mass is 10.2. The van der Waals surface area contributed by atoms with Crippen molar-refractivity contribution in [2.24, 2.45) is 0 Å². The van der Waals surface area contributed by atoms with Crippen molar-refractivity contribution in [2.75, 3.05) is 0 Å². The normalized spacial score (nSPS) is 10.6. The predicted octanol–water partition coefficient (Wildman–Crippen LogP) is 2.43. The Hall–Kier alpha value is -2.50. The second-order valence-corrected chi connectivity index (χ2v) is 4.50. The third kappa shape index (κ3) is 2.74. The van der Waals surface area contributed by atoms with Crippen LogP contribution in [0.15, 0.2) is 21.0 Å². The minimum Gasteiger partial charge on any atom is -0.478 e. The molecule has 106 valence electrons. The van der Waals surface area contributed by atoms with E-state index in [-0.39, 0.29) is 18.0 Å². The number of rotatable bonds is 4. The molecular formula is C14H15NO5. The fraction of sp³-hybridized carbons (Fsp3) is 0.286. The summed E-state index contributed by atoms with van der Waals surface area (Å²) in [5.74, 6) is 0.579. The van der Waals surface area contributed by atoms with Crippen LogP contribution >= 0.6 is 0 Å². The summed E-state index contributed by atoms with van der Waals surface area (Å²) >= 11 is 0. The van der Waals surface area contributed by atoms with E-state index in [4.69, 9.17) is 13.9 Å². The number of carbonyl (C=O) groups is 2. The average Bonchev–Trinajstić information content (AvgIpc) is 2.89. The summed E-state index contributed by atoms with van der Waals surface area (Å²) in [5, 5.41) is 11.6. The molecule has 0 spiro atoms. The van der Waals surface area contributed by atoms with Gasteiger partial charge in [-0.25, -0.2) is 4.79 Å². The van der Waals surface area contributed by atoms with Gasteiger partial charge in [-0.15, -0.1) is 0 Å². The average molecular weight is 277 g/mol. The van der Waals surface area contributed by atoms with Gasteiger partial charge in [0.2, 0.25) is 0 Å². The molecule has 2 aromatic heterocycles. The molecule has 0 bridgehead atoms. The van der Waals surface area contributed by atoms with Gasteiger partial charge in [-0.2, -0.15) is 0 Å². The van der Waals surface area contributed by atoms with E-state index in [0.717, 1.165) is 0 Å². The Morgan fingerprint density at radius 3 is 2.25 bits per heavy atom. The van der Waals surface area contributed by atoms with Gasteiger partial charge in [0.25, 0.3) is 5.91 Å². The highest BCUT2D eigenvalue weighted by molar-refractivity contribution is 5.95. The highest BCUT2D eigenvalue weighted by Crippen LogP contribution is 2.16. The smallest absolute Gasteiger partial charge is 0.339 e. The molecule has 0 unspecified atom stereocenters. The van der Waals surface area contributed by atoms with Gasteiger partial charge in [0.15, 0.2) is 0 Å². The Balaban J connectivity index is 2.05. The molecule has 20 heavy (non-hydrogen) atoms. The summed E-state index contributed by atoms with van der Waals surface area (Å²) in [6.45, 7) is 5.16. The number of hydrogen-bond acceptors (Lipinski definition) is 4. The molecular weight excluding hydrogens is 262 g/mol. The van der Waals surface area contributed by atoms with E-state index in [1.807, 2.05) is 0 Å². The van der Waals surface area contributed by atoms with Crippen molar-refractivity contribution in [2.45, 2.75) is 27.3 Å². The van der Waals surface area contributed by atoms with Crippen LogP contribution in [-0.2, 0) is 6.54 Å². The fourth-order valence-electron chi connectivity index (χ4n) is 1.96. The van der Waals surface area contributed by atoms with Crippen molar-refractivity contribution in [1.82, 2.24) is 5.32 Å². The number of hydrogen-bond donors (Lipinski definition) is 2. The van der Waals surface area contributed by atoms with Crippen LogP contribution in [0.25, 0.3) is 0 Å². The molecule has 0 radical (unpaired) electrons. The second-order valence-electron chi connectivity index (χ2n) is 4.50. The molecule has 0 atom stereocenters. The van der Waals surface area contributed by atoms with E-state index in [0.29, 0.717) is 28.6 Å². The van der Waals surface area contributed by atoms with Crippen LogP contribution in [0.1, 0.15) is 43.8 Å². The third-order valence-corrected chi connectivity index (χ3v) is 2.91. The zero-order valence-corrected chi connectivity index (χ0v) is 11.4. The summed E-state index contributed by atoms with van der Waals surface area (Å²) < 4.78 is 10.6. The Labute approximate surface area is 115 Å². The minimum atomic E-state index is -1.05. The van der Waals surface area contributed by atoms with Gasteiger partial charge < -0.3 is 19.3 Å². The van der Waals surface area contributed by atoms with Crippen molar-refractivity contribution < 1.29 is 23.5 Å². The first kappa shape index (κ1) is 13.9. The molecule has 0 aliphatic carbocycles. The van der Waals surface area contributed by atoms with Gasteiger partial charge in [0.05, 0.1) is 12.1 Å². The largest absolute Gasteiger partial charge is 0.478 e. The first-order chi connectivity index (χ1) is 9.38. The first-order valence-corrected chi connectivity index (χ1v) is 6.06. The monoisotopic (exact) mass is 277 g/mol. The van der Waals surface area contributed by atoms with Crippen LogP contribution in [0.2, 0.25) is 0 Å². The van der Waals surface area contributed by atoms with E-state index >= 15 is 0 Å². The van der Waals surface area contributed by atoms with Crippen molar-refractivity contribution in [3.63, 3.8) is 0 Å². The number of furan rings is 2. The molecule has 2 N–H and O–H groups in total. The Kier molecular flexibility index (Phi) is 3.65. The van der Waals surface area contributed by atoms with Gasteiger partial charge in [-0.1, -0.05) is 0 Å². The zero-order chi connectivity index (χ0) is 14.9. The Morgan fingerprint density at radius 1 is 1.10 bits per heavy atom. The maximum Gasteiger partial charge on any atom is 0.339 e. The van der Waals surface area contributed by atoms with Crippen LogP contribution in [0.4, 0.5) is 0 Å². The summed E-state index contributed by atoms with van der Waals surface area (Å²) in [6.07, 6.45) is 0. The van der Waals surface area contributed by atoms with E-state index in [9.17, 15) is 9.59 Å². The number of aryl methyl sites for hydroxylation is 3. The van der Waals surface area contributed by atoms with E-state index in [1.54, 1.807) is 26.8 Å². The lowest BCUT2D eigenvalue weighted by Crippen LogP contribution is -2.22. The summed E-state index contributed by atoms with van der Waals surface area (Å²) in [7, 11) is 0. The lowest BCUT2D eigenvalue weighted by Gasteiger charge is -2.01. The summed E-state index contributed by atoms with van der Waals surface area (Å²) in [5.41, 5.74) is 0.564. The maximum absolute atomic E-state index is 11.9. The van der Waals surface area contributed by atoms with Crippen molar-refractivity contribution in [1.29, 1.82) is 0 Å². The zero-order valence-electron chi connectivity index (χ0n) is 11.4. The van der Waals surface area contributed by atoms with Crippen LogP contribution in [0.3, 0.4) is 0 Å². The number of aromatic carboxylic acids is 1. The highest BCUT2D eigenvalue weighted by atomic mass is 16.4. The number of carboxylic acid groups (broad SMARTS) is 1. The fourth-order valence-corrected chi connectivity index (χ4v) is 1.96. The molecule has 0 fully saturated rings.